The minimum atomic E-state index is 0.572. The van der Waals surface area contributed by atoms with Gasteiger partial charge in [0.1, 0.15) is 6.07 Å². The summed E-state index contributed by atoms with van der Waals surface area (Å²) in [6.45, 7) is 2.78. The Hall–Kier alpha value is -2.86. The van der Waals surface area contributed by atoms with E-state index in [0.29, 0.717) is 12.1 Å². The first-order chi connectivity index (χ1) is 10.3. The van der Waals surface area contributed by atoms with Gasteiger partial charge in [-0.1, -0.05) is 42.5 Å². The lowest BCUT2D eigenvalue weighted by atomic mass is 10.1. The van der Waals surface area contributed by atoms with Crippen LogP contribution in [0, 0.1) is 18.3 Å². The maximum Gasteiger partial charge on any atom is 0.103 e. The molecule has 0 fully saturated rings. The monoisotopic (exact) mass is 273 g/mol. The molecule has 2 aromatic carbocycles. The molecular formula is C18H15N3. The summed E-state index contributed by atoms with van der Waals surface area (Å²) >= 11 is 0. The summed E-state index contributed by atoms with van der Waals surface area (Å²) in [4.78, 5) is 4.32. The number of nitrogens with zero attached hydrogens (tertiary/aromatic N) is 2. The Labute approximate surface area is 123 Å². The quantitative estimate of drug-likeness (QED) is 0.783. The van der Waals surface area contributed by atoms with Gasteiger partial charge in [0, 0.05) is 18.1 Å². The van der Waals surface area contributed by atoms with Crippen LogP contribution in [0.5, 0.6) is 0 Å². The average Bonchev–Trinajstić information content (AvgIpc) is 2.53. The molecule has 0 saturated carbocycles. The first-order valence-electron chi connectivity index (χ1n) is 6.86. The number of aryl methyl sites for hydroxylation is 1. The lowest BCUT2D eigenvalue weighted by Gasteiger charge is -2.12. The third kappa shape index (κ3) is 2.56. The summed E-state index contributed by atoms with van der Waals surface area (Å²) in [5.41, 5.74) is 4.78. The number of pyridine rings is 1. The van der Waals surface area contributed by atoms with E-state index in [1.165, 1.54) is 11.1 Å². The molecule has 0 aliphatic rings. The molecule has 0 radical (unpaired) electrons. The molecule has 0 aliphatic carbocycles. The molecule has 0 saturated heterocycles. The topological polar surface area (TPSA) is 48.7 Å². The zero-order chi connectivity index (χ0) is 14.7. The van der Waals surface area contributed by atoms with Crippen molar-refractivity contribution in [2.75, 3.05) is 5.32 Å². The van der Waals surface area contributed by atoms with Crippen molar-refractivity contribution in [1.82, 2.24) is 4.98 Å². The Morgan fingerprint density at radius 2 is 1.86 bits per heavy atom. The number of hydrogen-bond donors (Lipinski definition) is 1. The van der Waals surface area contributed by atoms with E-state index >= 15 is 0 Å². The highest BCUT2D eigenvalue weighted by molar-refractivity contribution is 5.93. The molecule has 3 rings (SSSR count). The lowest BCUT2D eigenvalue weighted by molar-refractivity contribution is 1.12. The van der Waals surface area contributed by atoms with E-state index in [-0.39, 0.29) is 0 Å². The first-order valence-corrected chi connectivity index (χ1v) is 6.86. The number of rotatable bonds is 3. The van der Waals surface area contributed by atoms with Crippen LogP contribution in [0.4, 0.5) is 5.69 Å². The van der Waals surface area contributed by atoms with E-state index in [4.69, 9.17) is 0 Å². The number of hydrogen-bond acceptors (Lipinski definition) is 3. The van der Waals surface area contributed by atoms with E-state index < -0.39 is 0 Å². The van der Waals surface area contributed by atoms with Gasteiger partial charge in [-0.15, -0.1) is 0 Å². The van der Waals surface area contributed by atoms with Gasteiger partial charge in [-0.25, -0.2) is 0 Å². The van der Waals surface area contributed by atoms with Crippen molar-refractivity contribution in [2.24, 2.45) is 0 Å². The standard InChI is InChI=1S/C18H15N3/c1-13-6-2-3-7-14(13)11-21-18-15(10-19)12-20-17-9-5-4-8-16(17)18/h2-9,12H,11H2,1H3,(H,20,21). The van der Waals surface area contributed by atoms with Gasteiger partial charge >= 0.3 is 0 Å². The number of benzene rings is 2. The molecule has 0 amide bonds. The summed E-state index contributed by atoms with van der Waals surface area (Å²) in [6, 6.07) is 18.3. The Morgan fingerprint density at radius 1 is 1.10 bits per heavy atom. The van der Waals surface area contributed by atoms with Crippen molar-refractivity contribution in [1.29, 1.82) is 5.26 Å². The highest BCUT2D eigenvalue weighted by Gasteiger charge is 2.08. The maximum absolute atomic E-state index is 9.30. The summed E-state index contributed by atoms with van der Waals surface area (Å²) < 4.78 is 0. The molecule has 0 bridgehead atoms. The zero-order valence-corrected chi connectivity index (χ0v) is 11.8. The molecule has 0 atom stereocenters. The van der Waals surface area contributed by atoms with Crippen LogP contribution in [0.25, 0.3) is 10.9 Å². The van der Waals surface area contributed by atoms with Gasteiger partial charge in [-0.05, 0) is 24.1 Å². The SMILES string of the molecule is Cc1ccccc1CNc1c(C#N)cnc2ccccc12. The van der Waals surface area contributed by atoms with Crippen molar-refractivity contribution < 1.29 is 0 Å². The van der Waals surface area contributed by atoms with E-state index in [1.807, 2.05) is 36.4 Å². The van der Waals surface area contributed by atoms with Crippen LogP contribution in [0.3, 0.4) is 0 Å². The lowest BCUT2D eigenvalue weighted by Crippen LogP contribution is -2.04. The van der Waals surface area contributed by atoms with Gasteiger partial charge in [0.15, 0.2) is 0 Å². The second-order valence-electron chi connectivity index (χ2n) is 4.96. The van der Waals surface area contributed by atoms with Crippen molar-refractivity contribution >= 4 is 16.6 Å². The predicted molar refractivity (Wildman–Crippen MR) is 85.0 cm³/mol. The first kappa shape index (κ1) is 13.1. The average molecular weight is 273 g/mol. The van der Waals surface area contributed by atoms with Gasteiger partial charge in [0.05, 0.1) is 16.8 Å². The minimum Gasteiger partial charge on any atom is -0.379 e. The van der Waals surface area contributed by atoms with E-state index in [0.717, 1.165) is 16.6 Å². The minimum absolute atomic E-state index is 0.572. The molecule has 3 aromatic rings. The van der Waals surface area contributed by atoms with Crippen LogP contribution in [0.2, 0.25) is 0 Å². The predicted octanol–water partition coefficient (Wildman–Crippen LogP) is 4.03. The fourth-order valence-electron chi connectivity index (χ4n) is 2.41. The Bertz CT molecular complexity index is 831. The molecule has 1 N–H and O–H groups in total. The molecule has 102 valence electrons. The van der Waals surface area contributed by atoms with Gasteiger partial charge < -0.3 is 5.32 Å². The van der Waals surface area contributed by atoms with Crippen LogP contribution in [0.1, 0.15) is 16.7 Å². The maximum atomic E-state index is 9.30. The Kier molecular flexibility index (Phi) is 3.53. The Balaban J connectivity index is 2.00. The largest absolute Gasteiger partial charge is 0.379 e. The summed E-state index contributed by atoms with van der Waals surface area (Å²) in [6.07, 6.45) is 1.63. The number of para-hydroxylation sites is 1. The molecular weight excluding hydrogens is 258 g/mol. The summed E-state index contributed by atoms with van der Waals surface area (Å²) in [7, 11) is 0. The molecule has 1 heterocycles. The number of anilines is 1. The summed E-state index contributed by atoms with van der Waals surface area (Å²) in [5.74, 6) is 0. The Morgan fingerprint density at radius 3 is 2.67 bits per heavy atom. The van der Waals surface area contributed by atoms with Crippen molar-refractivity contribution in [3.8, 4) is 6.07 Å². The zero-order valence-electron chi connectivity index (χ0n) is 11.8. The molecule has 1 aromatic heterocycles. The molecule has 0 spiro atoms. The molecule has 3 heteroatoms. The van der Waals surface area contributed by atoms with E-state index in [1.54, 1.807) is 6.20 Å². The van der Waals surface area contributed by atoms with Crippen LogP contribution in [-0.2, 0) is 6.54 Å². The number of nitriles is 1. The van der Waals surface area contributed by atoms with Crippen molar-refractivity contribution in [3.05, 3.63) is 71.4 Å². The van der Waals surface area contributed by atoms with Crippen LogP contribution in [-0.4, -0.2) is 4.98 Å². The van der Waals surface area contributed by atoms with E-state index in [2.05, 4.69) is 35.4 Å². The van der Waals surface area contributed by atoms with Gasteiger partial charge in [0.25, 0.3) is 0 Å². The number of nitrogens with one attached hydrogen (secondary N) is 1. The second-order valence-corrected chi connectivity index (χ2v) is 4.96. The van der Waals surface area contributed by atoms with Gasteiger partial charge in [-0.2, -0.15) is 5.26 Å². The molecule has 21 heavy (non-hydrogen) atoms. The normalized spacial score (nSPS) is 10.3. The molecule has 3 nitrogen and oxygen atoms in total. The highest BCUT2D eigenvalue weighted by Crippen LogP contribution is 2.26. The molecule has 0 aliphatic heterocycles. The van der Waals surface area contributed by atoms with Crippen molar-refractivity contribution in [3.63, 3.8) is 0 Å². The fourth-order valence-corrected chi connectivity index (χ4v) is 2.41. The smallest absolute Gasteiger partial charge is 0.103 e. The van der Waals surface area contributed by atoms with E-state index in [9.17, 15) is 5.26 Å². The number of aromatic nitrogens is 1. The third-order valence-corrected chi connectivity index (χ3v) is 3.61. The van der Waals surface area contributed by atoms with Gasteiger partial charge in [-0.3, -0.25) is 4.98 Å². The van der Waals surface area contributed by atoms with Gasteiger partial charge in [0.2, 0.25) is 0 Å². The van der Waals surface area contributed by atoms with Crippen molar-refractivity contribution in [2.45, 2.75) is 13.5 Å². The second kappa shape index (κ2) is 5.64. The number of fused-ring (bicyclic) bond motifs is 1. The van der Waals surface area contributed by atoms with Crippen LogP contribution in [0.15, 0.2) is 54.7 Å². The highest BCUT2D eigenvalue weighted by atomic mass is 14.9. The third-order valence-electron chi connectivity index (χ3n) is 3.61. The van der Waals surface area contributed by atoms with Crippen LogP contribution >= 0.6 is 0 Å². The van der Waals surface area contributed by atoms with Crippen LogP contribution < -0.4 is 5.32 Å². The summed E-state index contributed by atoms with van der Waals surface area (Å²) in [5, 5.41) is 13.7. The molecule has 0 unspecified atom stereocenters. The fraction of sp³-hybridized carbons (Fsp3) is 0.111.